The van der Waals surface area contributed by atoms with Crippen LogP contribution in [0, 0.1) is 0 Å². The molecule has 5 nitrogen and oxygen atoms in total. The number of hydrogen-bond acceptors (Lipinski definition) is 2. The van der Waals surface area contributed by atoms with E-state index in [0.29, 0.717) is 12.5 Å². The molecule has 3 aromatic rings. The Labute approximate surface area is 159 Å². The maximum Gasteiger partial charge on any atom is 0.317 e. The monoisotopic (exact) mass is 363 g/mol. The summed E-state index contributed by atoms with van der Waals surface area (Å²) in [4.78, 5) is 17.8. The number of methoxy groups -OCH3 is 1. The van der Waals surface area contributed by atoms with Crippen LogP contribution < -0.4 is 10.1 Å². The highest BCUT2D eigenvalue weighted by atomic mass is 16.5. The van der Waals surface area contributed by atoms with Gasteiger partial charge in [0.05, 0.1) is 7.11 Å². The second-order valence-electron chi connectivity index (χ2n) is 7.06. The fourth-order valence-electron chi connectivity index (χ4n) is 3.86. The highest BCUT2D eigenvalue weighted by Gasteiger charge is 2.25. The van der Waals surface area contributed by atoms with Gasteiger partial charge in [-0.1, -0.05) is 30.3 Å². The molecular weight excluding hydrogens is 338 g/mol. The average molecular weight is 363 g/mol. The van der Waals surface area contributed by atoms with E-state index in [4.69, 9.17) is 4.74 Å². The van der Waals surface area contributed by atoms with E-state index in [1.54, 1.807) is 7.11 Å². The van der Waals surface area contributed by atoms with Crippen molar-refractivity contribution in [2.24, 2.45) is 0 Å². The fourth-order valence-corrected chi connectivity index (χ4v) is 3.86. The third-order valence-electron chi connectivity index (χ3n) is 5.45. The van der Waals surface area contributed by atoms with Gasteiger partial charge in [0.2, 0.25) is 0 Å². The number of carbonyl (C=O) groups is 1. The van der Waals surface area contributed by atoms with Crippen LogP contribution in [0.1, 0.15) is 29.9 Å². The lowest BCUT2D eigenvalue weighted by Crippen LogP contribution is -2.43. The Morgan fingerprint density at radius 2 is 1.89 bits per heavy atom. The van der Waals surface area contributed by atoms with Crippen molar-refractivity contribution in [3.05, 3.63) is 65.9 Å². The molecule has 1 aliphatic rings. The third kappa shape index (κ3) is 3.77. The van der Waals surface area contributed by atoms with E-state index in [2.05, 4.69) is 40.8 Å². The lowest BCUT2D eigenvalue weighted by atomic mass is 9.89. The van der Waals surface area contributed by atoms with E-state index in [9.17, 15) is 4.79 Å². The van der Waals surface area contributed by atoms with Crippen molar-refractivity contribution in [2.45, 2.75) is 25.3 Å². The molecular formula is C22H25N3O2. The number of rotatable bonds is 4. The van der Waals surface area contributed by atoms with Crippen molar-refractivity contribution in [2.75, 3.05) is 20.2 Å². The number of ether oxygens (including phenoxy) is 1. The van der Waals surface area contributed by atoms with Crippen LogP contribution in [-0.4, -0.2) is 36.1 Å². The molecule has 4 rings (SSSR count). The van der Waals surface area contributed by atoms with Gasteiger partial charge in [-0.15, -0.1) is 0 Å². The maximum atomic E-state index is 12.5. The number of benzene rings is 2. The van der Waals surface area contributed by atoms with Crippen molar-refractivity contribution in [3.8, 4) is 5.75 Å². The summed E-state index contributed by atoms with van der Waals surface area (Å²) in [7, 11) is 1.65. The van der Waals surface area contributed by atoms with Gasteiger partial charge in [0.15, 0.2) is 0 Å². The van der Waals surface area contributed by atoms with Crippen LogP contribution in [0.25, 0.3) is 10.9 Å². The second-order valence-corrected chi connectivity index (χ2v) is 7.06. The minimum absolute atomic E-state index is 0.0168. The van der Waals surface area contributed by atoms with Crippen LogP contribution in [0.15, 0.2) is 54.7 Å². The van der Waals surface area contributed by atoms with Crippen LogP contribution in [0.3, 0.4) is 0 Å². The third-order valence-corrected chi connectivity index (χ3v) is 5.45. The zero-order valence-corrected chi connectivity index (χ0v) is 15.6. The summed E-state index contributed by atoms with van der Waals surface area (Å²) in [5, 5.41) is 4.33. The Hall–Kier alpha value is -2.95. The van der Waals surface area contributed by atoms with E-state index in [-0.39, 0.29) is 6.03 Å². The van der Waals surface area contributed by atoms with Crippen molar-refractivity contribution in [3.63, 3.8) is 0 Å². The van der Waals surface area contributed by atoms with Gasteiger partial charge in [0.25, 0.3) is 0 Å². The molecule has 2 heterocycles. The van der Waals surface area contributed by atoms with Gasteiger partial charge in [0, 0.05) is 36.7 Å². The summed E-state index contributed by atoms with van der Waals surface area (Å²) in [5.74, 6) is 1.33. The number of likely N-dealkylation sites (tertiary alicyclic amines) is 1. The van der Waals surface area contributed by atoms with Crippen molar-refractivity contribution >= 4 is 16.9 Å². The molecule has 0 aliphatic carbocycles. The Kier molecular flexibility index (Phi) is 5.01. The number of urea groups is 1. The number of fused-ring (bicyclic) bond motifs is 1. The lowest BCUT2D eigenvalue weighted by Gasteiger charge is -2.32. The number of nitrogens with one attached hydrogen (secondary N) is 2. The largest absolute Gasteiger partial charge is 0.497 e. The SMILES string of the molecule is COc1ccc(CNC(=O)N2CCC(c3c[nH]c4ccccc34)CC2)cc1. The van der Waals surface area contributed by atoms with Gasteiger partial charge in [-0.05, 0) is 48.1 Å². The summed E-state index contributed by atoms with van der Waals surface area (Å²) in [5.41, 5.74) is 3.63. The summed E-state index contributed by atoms with van der Waals surface area (Å²) < 4.78 is 5.16. The molecule has 0 bridgehead atoms. The molecule has 0 spiro atoms. The Morgan fingerprint density at radius 3 is 2.63 bits per heavy atom. The first-order valence-corrected chi connectivity index (χ1v) is 9.46. The zero-order valence-electron chi connectivity index (χ0n) is 15.6. The minimum Gasteiger partial charge on any atom is -0.497 e. The molecule has 5 heteroatoms. The van der Waals surface area contributed by atoms with Crippen LogP contribution in [-0.2, 0) is 6.54 Å². The van der Waals surface area contributed by atoms with Gasteiger partial charge in [0.1, 0.15) is 5.75 Å². The number of aromatic amines is 1. The molecule has 1 fully saturated rings. The number of aromatic nitrogens is 1. The Bertz CT molecular complexity index is 909. The molecule has 0 saturated carbocycles. The zero-order chi connectivity index (χ0) is 18.6. The predicted octanol–water partition coefficient (Wildman–Crippen LogP) is 4.27. The normalized spacial score (nSPS) is 15.1. The molecule has 2 N–H and O–H groups in total. The Morgan fingerprint density at radius 1 is 1.15 bits per heavy atom. The number of amides is 2. The van der Waals surface area contributed by atoms with Crippen LogP contribution in [0.4, 0.5) is 4.79 Å². The topological polar surface area (TPSA) is 57.4 Å². The van der Waals surface area contributed by atoms with Crippen molar-refractivity contribution < 1.29 is 9.53 Å². The molecule has 0 atom stereocenters. The second kappa shape index (κ2) is 7.74. The molecule has 2 aromatic carbocycles. The highest BCUT2D eigenvalue weighted by molar-refractivity contribution is 5.83. The van der Waals surface area contributed by atoms with Crippen molar-refractivity contribution in [1.82, 2.24) is 15.2 Å². The van der Waals surface area contributed by atoms with Crippen LogP contribution >= 0.6 is 0 Å². The van der Waals surface area contributed by atoms with E-state index in [1.807, 2.05) is 29.2 Å². The standard InChI is InChI=1S/C22H25N3O2/c1-27-18-8-6-16(7-9-18)14-24-22(26)25-12-10-17(11-13-25)20-15-23-21-5-3-2-4-19(20)21/h2-9,15,17,23H,10-14H2,1H3,(H,24,26). The minimum atomic E-state index is 0.0168. The van der Waals surface area contributed by atoms with Gasteiger partial charge in [-0.3, -0.25) is 0 Å². The van der Waals surface area contributed by atoms with Crippen LogP contribution in [0.2, 0.25) is 0 Å². The molecule has 1 saturated heterocycles. The molecule has 0 radical (unpaired) electrons. The van der Waals surface area contributed by atoms with E-state index < -0.39 is 0 Å². The number of hydrogen-bond donors (Lipinski definition) is 2. The quantitative estimate of drug-likeness (QED) is 0.727. The number of H-pyrrole nitrogens is 1. The number of piperidine rings is 1. The van der Waals surface area contributed by atoms with E-state index >= 15 is 0 Å². The first kappa shape index (κ1) is 17.5. The van der Waals surface area contributed by atoms with E-state index in [0.717, 1.165) is 37.2 Å². The molecule has 1 aliphatic heterocycles. The van der Waals surface area contributed by atoms with E-state index in [1.165, 1.54) is 16.5 Å². The summed E-state index contributed by atoms with van der Waals surface area (Å²) in [6.45, 7) is 2.11. The lowest BCUT2D eigenvalue weighted by molar-refractivity contribution is 0.181. The van der Waals surface area contributed by atoms with Gasteiger partial charge in [-0.2, -0.15) is 0 Å². The van der Waals surface area contributed by atoms with Crippen LogP contribution in [0.5, 0.6) is 5.75 Å². The molecule has 2 amide bonds. The average Bonchev–Trinajstić information content (AvgIpc) is 3.16. The predicted molar refractivity (Wildman–Crippen MR) is 107 cm³/mol. The number of para-hydroxylation sites is 1. The first-order chi connectivity index (χ1) is 13.2. The van der Waals surface area contributed by atoms with Gasteiger partial charge < -0.3 is 19.9 Å². The smallest absolute Gasteiger partial charge is 0.317 e. The number of nitrogens with zero attached hydrogens (tertiary/aromatic N) is 1. The molecule has 1 aromatic heterocycles. The Balaban J connectivity index is 1.31. The number of carbonyl (C=O) groups excluding carboxylic acids is 1. The summed E-state index contributed by atoms with van der Waals surface area (Å²) >= 11 is 0. The summed E-state index contributed by atoms with van der Waals surface area (Å²) in [6, 6.07) is 16.2. The van der Waals surface area contributed by atoms with Crippen molar-refractivity contribution in [1.29, 1.82) is 0 Å². The molecule has 27 heavy (non-hydrogen) atoms. The molecule has 140 valence electrons. The van der Waals surface area contributed by atoms with Gasteiger partial charge in [-0.25, -0.2) is 4.79 Å². The highest BCUT2D eigenvalue weighted by Crippen LogP contribution is 2.33. The molecule has 0 unspecified atom stereocenters. The summed E-state index contributed by atoms with van der Waals surface area (Å²) in [6.07, 6.45) is 4.13. The maximum absolute atomic E-state index is 12.5. The van der Waals surface area contributed by atoms with Gasteiger partial charge >= 0.3 is 6.03 Å². The first-order valence-electron chi connectivity index (χ1n) is 9.46. The fraction of sp³-hybridized carbons (Fsp3) is 0.318.